The van der Waals surface area contributed by atoms with Crippen molar-refractivity contribution < 1.29 is 28.3 Å². The summed E-state index contributed by atoms with van der Waals surface area (Å²) < 4.78 is 18.1. The first-order valence-corrected chi connectivity index (χ1v) is 11.0. The zero-order valence-corrected chi connectivity index (χ0v) is 19.0. The van der Waals surface area contributed by atoms with Crippen molar-refractivity contribution in [2.45, 2.75) is 51.7 Å². The molecule has 33 heavy (non-hydrogen) atoms. The molecule has 3 rings (SSSR count). The summed E-state index contributed by atoms with van der Waals surface area (Å²) in [5.41, 5.74) is -0.342. The van der Waals surface area contributed by atoms with Crippen molar-refractivity contribution in [3.05, 3.63) is 42.2 Å². The predicted molar refractivity (Wildman–Crippen MR) is 120 cm³/mol. The van der Waals surface area contributed by atoms with Crippen LogP contribution in [0.3, 0.4) is 0 Å². The molecule has 1 amide bonds. The van der Waals surface area contributed by atoms with Gasteiger partial charge in [0.05, 0.1) is 18.7 Å². The third-order valence-electron chi connectivity index (χ3n) is 5.68. The molecule has 0 spiro atoms. The van der Waals surface area contributed by atoms with Crippen LogP contribution in [0.1, 0.15) is 45.7 Å². The van der Waals surface area contributed by atoms with E-state index in [1.165, 1.54) is 0 Å². The fourth-order valence-corrected chi connectivity index (χ4v) is 3.68. The number of carbonyl (C=O) groups excluding carboxylic acids is 3. The van der Waals surface area contributed by atoms with Crippen LogP contribution in [0.4, 0.5) is 4.39 Å². The van der Waals surface area contributed by atoms with Gasteiger partial charge in [0.2, 0.25) is 5.60 Å². The van der Waals surface area contributed by atoms with Gasteiger partial charge in [0.15, 0.2) is 5.78 Å². The second-order valence-corrected chi connectivity index (χ2v) is 8.28. The number of benzene rings is 1. The highest BCUT2D eigenvalue weighted by molar-refractivity contribution is 6.12. The SMILES string of the molecule is CCCOC(=O)C[C@H](NC(=O)[C@]1(C(C)C)CC(c2nccc3ccccc23)=NO1)C(=O)CF. The number of hydrogen-bond donors (Lipinski definition) is 1. The summed E-state index contributed by atoms with van der Waals surface area (Å²) in [6.45, 7) is 4.26. The average Bonchev–Trinajstić information content (AvgIpc) is 3.28. The number of pyridine rings is 1. The van der Waals surface area contributed by atoms with Gasteiger partial charge in [0.25, 0.3) is 5.91 Å². The molecule has 1 aromatic heterocycles. The lowest BCUT2D eigenvalue weighted by Crippen LogP contribution is -2.55. The molecule has 0 aliphatic carbocycles. The fourth-order valence-electron chi connectivity index (χ4n) is 3.68. The van der Waals surface area contributed by atoms with Gasteiger partial charge in [-0.2, -0.15) is 0 Å². The van der Waals surface area contributed by atoms with Crippen molar-refractivity contribution in [2.75, 3.05) is 13.3 Å². The number of halogens is 1. The number of nitrogens with one attached hydrogen (secondary N) is 1. The van der Waals surface area contributed by atoms with Crippen molar-refractivity contribution in [3.63, 3.8) is 0 Å². The Morgan fingerprint density at radius 2 is 2.00 bits per heavy atom. The lowest BCUT2D eigenvalue weighted by molar-refractivity contribution is -0.153. The minimum Gasteiger partial charge on any atom is -0.466 e. The fraction of sp³-hybridized carbons (Fsp3) is 0.458. The Kier molecular flexibility index (Phi) is 7.73. The number of nitrogens with zero attached hydrogens (tertiary/aromatic N) is 2. The number of fused-ring (bicyclic) bond motifs is 1. The van der Waals surface area contributed by atoms with Crippen LogP contribution in [-0.4, -0.2) is 53.3 Å². The van der Waals surface area contributed by atoms with Gasteiger partial charge in [0.1, 0.15) is 18.4 Å². The van der Waals surface area contributed by atoms with Gasteiger partial charge < -0.3 is 14.9 Å². The van der Waals surface area contributed by atoms with Crippen molar-refractivity contribution in [1.29, 1.82) is 0 Å². The number of hydrogen-bond acceptors (Lipinski definition) is 7. The van der Waals surface area contributed by atoms with Gasteiger partial charge >= 0.3 is 5.97 Å². The van der Waals surface area contributed by atoms with Crippen LogP contribution in [0.2, 0.25) is 0 Å². The zero-order valence-electron chi connectivity index (χ0n) is 19.0. The number of amides is 1. The molecule has 1 aliphatic heterocycles. The van der Waals surface area contributed by atoms with Crippen LogP contribution in [0.5, 0.6) is 0 Å². The Labute approximate surface area is 191 Å². The molecule has 2 aromatic rings. The third-order valence-corrected chi connectivity index (χ3v) is 5.68. The molecule has 1 aliphatic rings. The summed E-state index contributed by atoms with van der Waals surface area (Å²) in [4.78, 5) is 47.5. The highest BCUT2D eigenvalue weighted by Gasteiger charge is 2.50. The van der Waals surface area contributed by atoms with Crippen LogP contribution in [0.25, 0.3) is 10.8 Å². The lowest BCUT2D eigenvalue weighted by atomic mass is 9.83. The Hall–Kier alpha value is -3.36. The Bertz CT molecular complexity index is 1070. The molecule has 0 saturated heterocycles. The summed E-state index contributed by atoms with van der Waals surface area (Å²) in [5, 5.41) is 8.50. The summed E-state index contributed by atoms with van der Waals surface area (Å²) >= 11 is 0. The second kappa shape index (κ2) is 10.5. The Morgan fingerprint density at radius 1 is 1.24 bits per heavy atom. The molecule has 9 heteroatoms. The third kappa shape index (κ3) is 5.18. The number of Topliss-reactive ketones (excluding diaryl/α,β-unsaturated/α-hetero) is 1. The number of ether oxygens (including phenoxy) is 1. The van der Waals surface area contributed by atoms with Crippen LogP contribution < -0.4 is 5.32 Å². The lowest BCUT2D eigenvalue weighted by Gasteiger charge is -2.30. The first kappa shape index (κ1) is 24.3. The molecule has 0 fully saturated rings. The second-order valence-electron chi connectivity index (χ2n) is 8.28. The molecule has 8 nitrogen and oxygen atoms in total. The smallest absolute Gasteiger partial charge is 0.308 e. The molecule has 0 unspecified atom stereocenters. The normalized spacial score (nSPS) is 18.5. The molecule has 0 bridgehead atoms. The molecule has 2 atom stereocenters. The summed E-state index contributed by atoms with van der Waals surface area (Å²) in [6.07, 6.45) is 1.91. The number of esters is 1. The minimum atomic E-state index is -1.43. The van der Waals surface area contributed by atoms with Crippen molar-refractivity contribution >= 4 is 34.1 Å². The van der Waals surface area contributed by atoms with E-state index in [1.807, 2.05) is 37.3 Å². The van der Waals surface area contributed by atoms with E-state index in [4.69, 9.17) is 9.57 Å². The van der Waals surface area contributed by atoms with Crippen LogP contribution in [-0.2, 0) is 24.0 Å². The maximum Gasteiger partial charge on any atom is 0.308 e. The monoisotopic (exact) mass is 457 g/mol. The molecule has 0 saturated carbocycles. The molecular weight excluding hydrogens is 429 g/mol. The van der Waals surface area contributed by atoms with E-state index in [-0.39, 0.29) is 18.9 Å². The van der Waals surface area contributed by atoms with Crippen molar-refractivity contribution in [3.8, 4) is 0 Å². The topological polar surface area (TPSA) is 107 Å². The first-order valence-electron chi connectivity index (χ1n) is 11.0. The van der Waals surface area contributed by atoms with E-state index < -0.39 is 42.4 Å². The number of aromatic nitrogens is 1. The largest absolute Gasteiger partial charge is 0.466 e. The van der Waals surface area contributed by atoms with Crippen LogP contribution in [0.15, 0.2) is 41.7 Å². The van der Waals surface area contributed by atoms with E-state index in [0.717, 1.165) is 10.8 Å². The minimum absolute atomic E-state index is 0.105. The first-order chi connectivity index (χ1) is 15.8. The number of alkyl halides is 1. The molecule has 0 radical (unpaired) electrons. The van der Waals surface area contributed by atoms with Gasteiger partial charge in [-0.1, -0.05) is 50.2 Å². The van der Waals surface area contributed by atoms with Gasteiger partial charge in [-0.15, -0.1) is 0 Å². The maximum absolute atomic E-state index is 13.3. The molecular formula is C24H28FN3O5. The molecule has 176 valence electrons. The summed E-state index contributed by atoms with van der Waals surface area (Å²) in [5.74, 6) is -2.59. The van der Waals surface area contributed by atoms with Crippen LogP contribution in [0, 0.1) is 5.92 Å². The quantitative estimate of drug-likeness (QED) is 0.550. The summed E-state index contributed by atoms with van der Waals surface area (Å²) in [6, 6.07) is 8.18. The van der Waals surface area contributed by atoms with E-state index in [9.17, 15) is 18.8 Å². The number of carbonyl (C=O) groups is 3. The van der Waals surface area contributed by atoms with Crippen LogP contribution >= 0.6 is 0 Å². The van der Waals surface area contributed by atoms with E-state index in [1.54, 1.807) is 20.0 Å². The standard InChI is InChI=1S/C24H28FN3O5/c1-4-11-32-21(30)12-18(20(29)14-25)27-23(31)24(15(2)3)13-19(28-33-24)22-17-8-6-5-7-16(17)9-10-26-22/h5-10,15,18H,4,11-14H2,1-3H3,(H,27,31)/t18-,24+/m0/s1. The summed E-state index contributed by atoms with van der Waals surface area (Å²) in [7, 11) is 0. The maximum atomic E-state index is 13.3. The van der Waals surface area contributed by atoms with E-state index in [0.29, 0.717) is 17.8 Å². The Balaban J connectivity index is 1.82. The average molecular weight is 458 g/mol. The highest BCUT2D eigenvalue weighted by atomic mass is 19.1. The predicted octanol–water partition coefficient (Wildman–Crippen LogP) is 3.12. The van der Waals surface area contributed by atoms with E-state index in [2.05, 4.69) is 15.5 Å². The van der Waals surface area contributed by atoms with Gasteiger partial charge in [-0.25, -0.2) is 4.39 Å². The number of oxime groups is 1. The Morgan fingerprint density at radius 3 is 2.70 bits per heavy atom. The van der Waals surface area contributed by atoms with E-state index >= 15 is 0 Å². The van der Waals surface area contributed by atoms with Gasteiger partial charge in [0, 0.05) is 23.9 Å². The highest BCUT2D eigenvalue weighted by Crippen LogP contribution is 2.35. The number of rotatable bonds is 10. The number of ketones is 1. The zero-order chi connectivity index (χ0) is 24.0. The van der Waals surface area contributed by atoms with Gasteiger partial charge in [-0.3, -0.25) is 19.4 Å². The van der Waals surface area contributed by atoms with Crippen molar-refractivity contribution in [1.82, 2.24) is 10.3 Å². The molecule has 1 aromatic carbocycles. The van der Waals surface area contributed by atoms with Gasteiger partial charge in [-0.05, 0) is 17.9 Å². The van der Waals surface area contributed by atoms with Crippen molar-refractivity contribution in [2.24, 2.45) is 11.1 Å². The molecule has 1 N–H and O–H groups in total. The molecule has 2 heterocycles.